The van der Waals surface area contributed by atoms with Gasteiger partial charge in [0.2, 0.25) is 5.91 Å². The van der Waals surface area contributed by atoms with Gasteiger partial charge in [0.1, 0.15) is 4.64 Å². The van der Waals surface area contributed by atoms with E-state index in [1.807, 2.05) is 18.2 Å². The number of amides is 2. The molecule has 1 aromatic carbocycles. The summed E-state index contributed by atoms with van der Waals surface area (Å²) in [7, 11) is 0. The number of carbonyl (C=O) groups excluding carboxylic acids is 2. The van der Waals surface area contributed by atoms with Crippen molar-refractivity contribution in [2.45, 2.75) is 0 Å². The maximum Gasteiger partial charge on any atom is 0.254 e. The molecule has 3 N–H and O–H groups in total. The van der Waals surface area contributed by atoms with Gasteiger partial charge < -0.3 is 15.6 Å². The molecular formula is C14H12BrN3O2S. The van der Waals surface area contributed by atoms with Gasteiger partial charge in [0.15, 0.2) is 0 Å². The van der Waals surface area contributed by atoms with Crippen LogP contribution in [-0.4, -0.2) is 23.3 Å². The van der Waals surface area contributed by atoms with Gasteiger partial charge in [0.25, 0.3) is 5.91 Å². The maximum atomic E-state index is 11.9. The molecule has 2 rings (SSSR count). The highest BCUT2D eigenvalue weighted by Crippen LogP contribution is 2.20. The molecule has 1 heterocycles. The third-order valence-corrected chi connectivity index (χ3v) is 3.65. The molecule has 0 saturated heterocycles. The van der Waals surface area contributed by atoms with Crippen molar-refractivity contribution in [2.24, 2.45) is 0 Å². The van der Waals surface area contributed by atoms with Gasteiger partial charge >= 0.3 is 0 Å². The highest BCUT2D eigenvalue weighted by molar-refractivity contribution is 9.10. The summed E-state index contributed by atoms with van der Waals surface area (Å²) >= 11 is 8.34. The lowest BCUT2D eigenvalue weighted by Gasteiger charge is -2.08. The van der Waals surface area contributed by atoms with E-state index < -0.39 is 0 Å². The van der Waals surface area contributed by atoms with Crippen molar-refractivity contribution in [3.05, 3.63) is 57.3 Å². The molecular weight excluding hydrogens is 354 g/mol. The maximum absolute atomic E-state index is 11.9. The van der Waals surface area contributed by atoms with Gasteiger partial charge in [-0.1, -0.05) is 24.4 Å². The normalized spacial score (nSPS) is 9.95. The number of anilines is 1. The Morgan fingerprint density at radius 3 is 2.67 bits per heavy atom. The summed E-state index contributed by atoms with van der Waals surface area (Å²) in [4.78, 5) is 26.5. The first-order valence-electron chi connectivity index (χ1n) is 6.08. The molecule has 2 amide bonds. The third-order valence-electron chi connectivity index (χ3n) is 2.62. The summed E-state index contributed by atoms with van der Waals surface area (Å²) < 4.78 is 1.11. The number of para-hydroxylation sites is 1. The molecule has 5 nitrogen and oxygen atoms in total. The lowest BCUT2D eigenvalue weighted by molar-refractivity contribution is -0.115. The minimum absolute atomic E-state index is 0.135. The highest BCUT2D eigenvalue weighted by atomic mass is 79.9. The molecule has 2 aromatic rings. The summed E-state index contributed by atoms with van der Waals surface area (Å²) in [5, 5.41) is 5.22. The second-order valence-corrected chi connectivity index (χ2v) is 5.39. The number of carbonyl (C=O) groups is 2. The topological polar surface area (TPSA) is 74.0 Å². The van der Waals surface area contributed by atoms with E-state index in [-0.39, 0.29) is 18.4 Å². The zero-order valence-corrected chi connectivity index (χ0v) is 13.3. The summed E-state index contributed by atoms with van der Waals surface area (Å²) in [6.45, 7) is -0.135. The Bertz CT molecular complexity index is 730. The zero-order chi connectivity index (χ0) is 15.2. The van der Waals surface area contributed by atoms with Crippen LogP contribution in [0.15, 0.2) is 47.1 Å². The Morgan fingerprint density at radius 1 is 1.19 bits per heavy atom. The number of aromatic nitrogens is 1. The van der Waals surface area contributed by atoms with E-state index in [2.05, 4.69) is 31.5 Å². The van der Waals surface area contributed by atoms with Crippen LogP contribution < -0.4 is 10.6 Å². The lowest BCUT2D eigenvalue weighted by atomic mass is 10.2. The van der Waals surface area contributed by atoms with E-state index >= 15 is 0 Å². The number of halogens is 1. The molecule has 0 bridgehead atoms. The lowest BCUT2D eigenvalue weighted by Crippen LogP contribution is -2.33. The summed E-state index contributed by atoms with van der Waals surface area (Å²) in [6.07, 6.45) is 1.64. The molecule has 0 atom stereocenters. The van der Waals surface area contributed by atoms with Crippen molar-refractivity contribution in [1.29, 1.82) is 0 Å². The van der Waals surface area contributed by atoms with Crippen molar-refractivity contribution >= 4 is 45.6 Å². The van der Waals surface area contributed by atoms with Crippen LogP contribution in [0.4, 0.5) is 5.69 Å². The fourth-order valence-electron chi connectivity index (χ4n) is 1.61. The Balaban J connectivity index is 1.93. The molecule has 21 heavy (non-hydrogen) atoms. The predicted molar refractivity (Wildman–Crippen MR) is 86.7 cm³/mol. The number of pyridine rings is 1. The van der Waals surface area contributed by atoms with Crippen LogP contribution in [0.25, 0.3) is 0 Å². The van der Waals surface area contributed by atoms with Gasteiger partial charge in [0.05, 0.1) is 17.8 Å². The summed E-state index contributed by atoms with van der Waals surface area (Å²) in [6, 6.07) is 10.5. The van der Waals surface area contributed by atoms with Crippen molar-refractivity contribution in [3.8, 4) is 0 Å². The molecule has 0 aliphatic rings. The van der Waals surface area contributed by atoms with Gasteiger partial charge in [-0.05, 0) is 40.2 Å². The van der Waals surface area contributed by atoms with Gasteiger partial charge in [-0.25, -0.2) is 0 Å². The SMILES string of the molecule is O=C(CNC(=O)c1ccc[nH]c1=S)Nc1ccccc1Br. The molecule has 0 aliphatic heterocycles. The van der Waals surface area contributed by atoms with E-state index in [0.717, 1.165) is 4.47 Å². The van der Waals surface area contributed by atoms with Crippen molar-refractivity contribution in [3.63, 3.8) is 0 Å². The van der Waals surface area contributed by atoms with Crippen LogP contribution in [0.1, 0.15) is 10.4 Å². The largest absolute Gasteiger partial charge is 0.352 e. The van der Waals surface area contributed by atoms with Crippen LogP contribution in [-0.2, 0) is 4.79 Å². The number of aromatic amines is 1. The molecule has 7 heteroatoms. The standard InChI is InChI=1S/C14H12BrN3O2S/c15-10-5-1-2-6-11(10)18-12(19)8-17-13(20)9-4-3-7-16-14(9)21/h1-7H,8H2,(H,16,21)(H,17,20)(H,18,19). The fraction of sp³-hybridized carbons (Fsp3) is 0.0714. The second-order valence-electron chi connectivity index (χ2n) is 4.12. The highest BCUT2D eigenvalue weighted by Gasteiger charge is 2.10. The Hall–Kier alpha value is -1.99. The molecule has 0 unspecified atom stereocenters. The van der Waals surface area contributed by atoms with E-state index in [4.69, 9.17) is 12.2 Å². The molecule has 0 aliphatic carbocycles. The van der Waals surface area contributed by atoms with Crippen LogP contribution in [0.3, 0.4) is 0 Å². The summed E-state index contributed by atoms with van der Waals surface area (Å²) in [5.41, 5.74) is 0.981. The first-order valence-corrected chi connectivity index (χ1v) is 7.28. The number of benzene rings is 1. The van der Waals surface area contributed by atoms with Gasteiger partial charge in [-0.2, -0.15) is 0 Å². The number of nitrogens with one attached hydrogen (secondary N) is 3. The zero-order valence-electron chi connectivity index (χ0n) is 10.9. The Labute approximate surface area is 134 Å². The third kappa shape index (κ3) is 4.24. The van der Waals surface area contributed by atoms with Gasteiger partial charge in [0, 0.05) is 10.7 Å². The molecule has 0 spiro atoms. The van der Waals surface area contributed by atoms with Crippen LogP contribution >= 0.6 is 28.1 Å². The molecule has 0 saturated carbocycles. The van der Waals surface area contributed by atoms with Gasteiger partial charge in [-0.3, -0.25) is 9.59 Å². The van der Waals surface area contributed by atoms with Gasteiger partial charge in [-0.15, -0.1) is 0 Å². The van der Waals surface area contributed by atoms with E-state index in [1.54, 1.807) is 24.4 Å². The average molecular weight is 366 g/mol. The van der Waals surface area contributed by atoms with E-state index in [9.17, 15) is 9.59 Å². The molecule has 108 valence electrons. The Morgan fingerprint density at radius 2 is 1.95 bits per heavy atom. The monoisotopic (exact) mass is 365 g/mol. The number of rotatable bonds is 4. The first kappa shape index (κ1) is 15.4. The number of H-pyrrole nitrogens is 1. The second kappa shape index (κ2) is 7.14. The summed E-state index contributed by atoms with van der Waals surface area (Å²) in [5.74, 6) is -0.708. The minimum Gasteiger partial charge on any atom is -0.352 e. The van der Waals surface area contributed by atoms with Crippen molar-refractivity contribution < 1.29 is 9.59 Å². The van der Waals surface area contributed by atoms with Crippen LogP contribution in [0.5, 0.6) is 0 Å². The molecule has 0 radical (unpaired) electrons. The van der Waals surface area contributed by atoms with Crippen LogP contribution in [0, 0.1) is 4.64 Å². The predicted octanol–water partition coefficient (Wildman–Crippen LogP) is 2.88. The first-order chi connectivity index (χ1) is 10.1. The minimum atomic E-state index is -0.390. The van der Waals surface area contributed by atoms with E-state index in [1.165, 1.54) is 0 Å². The van der Waals surface area contributed by atoms with Crippen molar-refractivity contribution in [2.75, 3.05) is 11.9 Å². The number of hydrogen-bond acceptors (Lipinski definition) is 3. The van der Waals surface area contributed by atoms with Crippen molar-refractivity contribution in [1.82, 2.24) is 10.3 Å². The number of hydrogen-bond donors (Lipinski definition) is 3. The quantitative estimate of drug-likeness (QED) is 0.729. The average Bonchev–Trinajstić information content (AvgIpc) is 2.48. The van der Waals surface area contributed by atoms with E-state index in [0.29, 0.717) is 15.9 Å². The smallest absolute Gasteiger partial charge is 0.254 e. The fourth-order valence-corrected chi connectivity index (χ4v) is 2.23. The van der Waals surface area contributed by atoms with Crippen LogP contribution in [0.2, 0.25) is 0 Å². The molecule has 1 aromatic heterocycles. The Kier molecular flexibility index (Phi) is 5.24. The molecule has 0 fully saturated rings.